The zero-order chi connectivity index (χ0) is 11.1. The van der Waals surface area contributed by atoms with Crippen molar-refractivity contribution in [1.82, 2.24) is 10.3 Å². The van der Waals surface area contributed by atoms with Crippen molar-refractivity contribution >= 4 is 17.3 Å². The molecule has 0 radical (unpaired) electrons. The molecule has 1 rings (SSSR count). The van der Waals surface area contributed by atoms with Gasteiger partial charge in [-0.15, -0.1) is 11.3 Å². The van der Waals surface area contributed by atoms with Gasteiger partial charge in [0.15, 0.2) is 5.96 Å². The quantitative estimate of drug-likeness (QED) is 0.437. The molecule has 6 heteroatoms. The number of aliphatic imine (C=N–C) groups is 1. The van der Waals surface area contributed by atoms with E-state index in [0.717, 1.165) is 9.88 Å². The van der Waals surface area contributed by atoms with Crippen LogP contribution < -0.4 is 11.1 Å². The summed E-state index contributed by atoms with van der Waals surface area (Å²) in [6.07, 6.45) is 1.83. The van der Waals surface area contributed by atoms with E-state index >= 15 is 0 Å². The number of nitrogens with two attached hydrogens (primary N) is 1. The molecule has 0 spiro atoms. The molecule has 0 atom stereocenters. The van der Waals surface area contributed by atoms with Crippen LogP contribution in [-0.2, 0) is 11.3 Å². The Morgan fingerprint density at radius 3 is 3.13 bits per heavy atom. The first kappa shape index (κ1) is 11.9. The van der Waals surface area contributed by atoms with Crippen molar-refractivity contribution in [3.63, 3.8) is 0 Å². The number of ether oxygens (including phenoxy) is 1. The molecule has 84 valence electrons. The summed E-state index contributed by atoms with van der Waals surface area (Å²) >= 11 is 1.63. The Morgan fingerprint density at radius 2 is 2.53 bits per heavy atom. The minimum atomic E-state index is 0.443. The van der Waals surface area contributed by atoms with Crippen LogP contribution >= 0.6 is 11.3 Å². The van der Waals surface area contributed by atoms with Crippen LogP contribution in [0.5, 0.6) is 0 Å². The van der Waals surface area contributed by atoms with Gasteiger partial charge in [-0.1, -0.05) is 0 Å². The van der Waals surface area contributed by atoms with E-state index < -0.39 is 0 Å². The molecular formula is C9H16N4OS. The van der Waals surface area contributed by atoms with Crippen LogP contribution in [0, 0.1) is 6.92 Å². The molecule has 0 saturated carbocycles. The summed E-state index contributed by atoms with van der Waals surface area (Å²) in [5, 5.41) is 3.99. The van der Waals surface area contributed by atoms with E-state index in [4.69, 9.17) is 10.5 Å². The van der Waals surface area contributed by atoms with Crippen molar-refractivity contribution in [3.8, 4) is 0 Å². The van der Waals surface area contributed by atoms with Crippen LogP contribution in [0.3, 0.4) is 0 Å². The Hall–Kier alpha value is -1.14. The van der Waals surface area contributed by atoms with Crippen LogP contribution in [0.2, 0.25) is 0 Å². The third-order valence-electron chi connectivity index (χ3n) is 1.69. The second kappa shape index (κ2) is 6.36. The fourth-order valence-electron chi connectivity index (χ4n) is 0.979. The molecule has 0 aliphatic rings. The van der Waals surface area contributed by atoms with E-state index in [2.05, 4.69) is 15.3 Å². The topological polar surface area (TPSA) is 72.5 Å². The predicted octanol–water partition coefficient (Wildman–Crippen LogP) is 0.502. The number of aromatic nitrogens is 1. The Balaban J connectivity index is 2.30. The third kappa shape index (κ3) is 4.75. The van der Waals surface area contributed by atoms with Crippen LogP contribution in [0.15, 0.2) is 11.2 Å². The first-order valence-electron chi connectivity index (χ1n) is 4.66. The minimum Gasteiger partial charge on any atom is -0.383 e. The number of rotatable bonds is 5. The second-order valence-corrected chi connectivity index (χ2v) is 4.29. The minimum absolute atomic E-state index is 0.443. The molecule has 1 heterocycles. The SMILES string of the molecule is COCCNC(N)=NCc1cnc(C)s1. The molecule has 3 N–H and O–H groups in total. The average molecular weight is 228 g/mol. The zero-order valence-corrected chi connectivity index (χ0v) is 9.80. The number of methoxy groups -OCH3 is 1. The lowest BCUT2D eigenvalue weighted by molar-refractivity contribution is 0.204. The van der Waals surface area contributed by atoms with Crippen LogP contribution in [0.25, 0.3) is 0 Å². The Labute approximate surface area is 93.4 Å². The second-order valence-electron chi connectivity index (χ2n) is 2.97. The molecular weight excluding hydrogens is 212 g/mol. The summed E-state index contributed by atoms with van der Waals surface area (Å²) in [6, 6.07) is 0. The summed E-state index contributed by atoms with van der Waals surface area (Å²) < 4.78 is 4.88. The van der Waals surface area contributed by atoms with Crippen LogP contribution in [0.1, 0.15) is 9.88 Å². The molecule has 0 saturated heterocycles. The smallest absolute Gasteiger partial charge is 0.189 e. The maximum atomic E-state index is 5.64. The lowest BCUT2D eigenvalue weighted by Gasteiger charge is -2.03. The lowest BCUT2D eigenvalue weighted by atomic mass is 10.5. The number of aryl methyl sites for hydroxylation is 1. The predicted molar refractivity (Wildman–Crippen MR) is 62.1 cm³/mol. The maximum Gasteiger partial charge on any atom is 0.189 e. The van der Waals surface area contributed by atoms with Gasteiger partial charge >= 0.3 is 0 Å². The maximum absolute atomic E-state index is 5.64. The van der Waals surface area contributed by atoms with Crippen molar-refractivity contribution in [2.24, 2.45) is 10.7 Å². The Kier molecular flexibility index (Phi) is 5.06. The molecule has 1 aromatic rings. The first-order valence-corrected chi connectivity index (χ1v) is 5.48. The van der Waals surface area contributed by atoms with E-state index in [1.807, 2.05) is 13.1 Å². The van der Waals surface area contributed by atoms with Crippen molar-refractivity contribution in [2.45, 2.75) is 13.5 Å². The van der Waals surface area contributed by atoms with Crippen molar-refractivity contribution in [2.75, 3.05) is 20.3 Å². The average Bonchev–Trinajstić information content (AvgIpc) is 2.62. The number of nitrogens with one attached hydrogen (secondary N) is 1. The van der Waals surface area contributed by atoms with Gasteiger partial charge in [-0.25, -0.2) is 9.98 Å². The summed E-state index contributed by atoms with van der Waals surface area (Å²) in [6.45, 7) is 3.85. The summed E-state index contributed by atoms with van der Waals surface area (Å²) in [5.74, 6) is 0.443. The van der Waals surface area contributed by atoms with E-state index in [9.17, 15) is 0 Å². The molecule has 0 fully saturated rings. The van der Waals surface area contributed by atoms with E-state index in [1.165, 1.54) is 0 Å². The summed E-state index contributed by atoms with van der Waals surface area (Å²) in [5.41, 5.74) is 5.64. The number of thiazole rings is 1. The van der Waals surface area contributed by atoms with Crippen molar-refractivity contribution < 1.29 is 4.74 Å². The number of guanidine groups is 1. The first-order chi connectivity index (χ1) is 7.22. The van der Waals surface area contributed by atoms with E-state index in [-0.39, 0.29) is 0 Å². The third-order valence-corrected chi connectivity index (χ3v) is 2.58. The van der Waals surface area contributed by atoms with Gasteiger partial charge < -0.3 is 15.8 Å². The molecule has 15 heavy (non-hydrogen) atoms. The molecule has 0 bridgehead atoms. The van der Waals surface area contributed by atoms with Gasteiger partial charge in [-0.05, 0) is 6.92 Å². The van der Waals surface area contributed by atoms with Gasteiger partial charge in [0.05, 0.1) is 18.2 Å². The van der Waals surface area contributed by atoms with Crippen molar-refractivity contribution in [1.29, 1.82) is 0 Å². The van der Waals surface area contributed by atoms with Gasteiger partial charge in [0.2, 0.25) is 0 Å². The Morgan fingerprint density at radius 1 is 1.73 bits per heavy atom. The molecule has 0 aromatic carbocycles. The molecule has 0 amide bonds. The van der Waals surface area contributed by atoms with Gasteiger partial charge in [-0.3, -0.25) is 0 Å². The Bertz CT molecular complexity index is 324. The van der Waals surface area contributed by atoms with Crippen molar-refractivity contribution in [3.05, 3.63) is 16.1 Å². The normalized spacial score (nSPS) is 11.7. The summed E-state index contributed by atoms with van der Waals surface area (Å²) in [7, 11) is 1.65. The highest BCUT2D eigenvalue weighted by molar-refractivity contribution is 7.11. The van der Waals surface area contributed by atoms with Gasteiger partial charge in [0, 0.05) is 24.7 Å². The van der Waals surface area contributed by atoms with Gasteiger partial charge in [-0.2, -0.15) is 0 Å². The molecule has 1 aromatic heterocycles. The van der Waals surface area contributed by atoms with Gasteiger partial charge in [0.1, 0.15) is 0 Å². The molecule has 0 aliphatic heterocycles. The highest BCUT2D eigenvalue weighted by Gasteiger charge is 1.97. The highest BCUT2D eigenvalue weighted by atomic mass is 32.1. The van der Waals surface area contributed by atoms with Crippen LogP contribution in [0.4, 0.5) is 0 Å². The zero-order valence-electron chi connectivity index (χ0n) is 8.99. The fraction of sp³-hybridized carbons (Fsp3) is 0.556. The molecule has 0 unspecified atom stereocenters. The highest BCUT2D eigenvalue weighted by Crippen LogP contribution is 2.11. The summed E-state index contributed by atoms with van der Waals surface area (Å²) in [4.78, 5) is 9.43. The fourth-order valence-corrected chi connectivity index (χ4v) is 1.70. The largest absolute Gasteiger partial charge is 0.383 e. The number of hydrogen-bond acceptors (Lipinski definition) is 4. The van der Waals surface area contributed by atoms with E-state index in [0.29, 0.717) is 25.7 Å². The number of hydrogen-bond donors (Lipinski definition) is 2. The van der Waals surface area contributed by atoms with Gasteiger partial charge in [0.25, 0.3) is 0 Å². The molecule has 5 nitrogen and oxygen atoms in total. The number of nitrogens with zero attached hydrogens (tertiary/aromatic N) is 2. The lowest BCUT2D eigenvalue weighted by Crippen LogP contribution is -2.34. The van der Waals surface area contributed by atoms with Crippen LogP contribution in [-0.4, -0.2) is 31.2 Å². The monoisotopic (exact) mass is 228 g/mol. The standard InChI is InChI=1S/C9H16N4OS/c1-7-12-5-8(15-7)6-13-9(10)11-3-4-14-2/h5H,3-4,6H2,1-2H3,(H3,10,11,13). The van der Waals surface area contributed by atoms with E-state index in [1.54, 1.807) is 18.4 Å². The molecule has 0 aliphatic carbocycles.